The van der Waals surface area contributed by atoms with E-state index in [0.29, 0.717) is 29.3 Å². The van der Waals surface area contributed by atoms with E-state index in [9.17, 15) is 9.59 Å². The molecule has 0 saturated carbocycles. The Labute approximate surface area is 136 Å². The number of hydrogen-bond donors (Lipinski definition) is 1. The molecular weight excluding hydrogens is 290 g/mol. The summed E-state index contributed by atoms with van der Waals surface area (Å²) in [5, 5.41) is 2.80. The smallest absolute Gasteiger partial charge is 0.255 e. The first-order valence-corrected chi connectivity index (χ1v) is 7.61. The fourth-order valence-electron chi connectivity index (χ4n) is 1.96. The average Bonchev–Trinajstić information content (AvgIpc) is 2.54. The van der Waals surface area contributed by atoms with Crippen molar-refractivity contribution in [1.82, 2.24) is 0 Å². The SMILES string of the molecule is CC(=O)c1ccc(NC(=O)c2ccc(OCC(C)C)cc2)cc1. The summed E-state index contributed by atoms with van der Waals surface area (Å²) in [5.74, 6) is 1.01. The molecule has 2 aromatic rings. The standard InChI is InChI=1S/C19H21NO3/c1-13(2)12-23-18-10-6-16(7-11-18)19(22)20-17-8-4-15(5-9-17)14(3)21/h4-11,13H,12H2,1-3H3,(H,20,22). The number of amides is 1. The Morgan fingerprint density at radius 1 is 0.957 bits per heavy atom. The molecule has 0 heterocycles. The van der Waals surface area contributed by atoms with Crippen molar-refractivity contribution in [3.8, 4) is 5.75 Å². The van der Waals surface area contributed by atoms with Crippen LogP contribution in [0.4, 0.5) is 5.69 Å². The lowest BCUT2D eigenvalue weighted by Gasteiger charge is -2.09. The van der Waals surface area contributed by atoms with Crippen molar-refractivity contribution in [2.24, 2.45) is 5.92 Å². The van der Waals surface area contributed by atoms with Crippen LogP contribution in [0.5, 0.6) is 5.75 Å². The zero-order chi connectivity index (χ0) is 16.8. The summed E-state index contributed by atoms with van der Waals surface area (Å²) in [6, 6.07) is 13.9. The van der Waals surface area contributed by atoms with Crippen LogP contribution in [0.3, 0.4) is 0 Å². The average molecular weight is 311 g/mol. The van der Waals surface area contributed by atoms with Crippen LogP contribution in [0.25, 0.3) is 0 Å². The molecule has 0 aliphatic carbocycles. The van der Waals surface area contributed by atoms with E-state index < -0.39 is 0 Å². The summed E-state index contributed by atoms with van der Waals surface area (Å²) in [6.07, 6.45) is 0. The third kappa shape index (κ3) is 4.95. The second kappa shape index (κ2) is 7.58. The minimum Gasteiger partial charge on any atom is -0.493 e. The van der Waals surface area contributed by atoms with Crippen molar-refractivity contribution in [2.45, 2.75) is 20.8 Å². The lowest BCUT2D eigenvalue weighted by atomic mass is 10.1. The third-order valence-electron chi connectivity index (χ3n) is 3.25. The Morgan fingerprint density at radius 3 is 2.04 bits per heavy atom. The fourth-order valence-corrected chi connectivity index (χ4v) is 1.96. The van der Waals surface area contributed by atoms with Gasteiger partial charge in [-0.3, -0.25) is 9.59 Å². The van der Waals surface area contributed by atoms with Gasteiger partial charge in [-0.25, -0.2) is 0 Å². The maximum absolute atomic E-state index is 12.2. The lowest BCUT2D eigenvalue weighted by molar-refractivity contribution is 0.101. The van der Waals surface area contributed by atoms with E-state index in [2.05, 4.69) is 19.2 Å². The Bertz CT molecular complexity index is 673. The molecule has 2 rings (SSSR count). The van der Waals surface area contributed by atoms with Gasteiger partial charge in [0.1, 0.15) is 5.75 Å². The number of anilines is 1. The van der Waals surface area contributed by atoms with Crippen LogP contribution in [0, 0.1) is 5.92 Å². The Kier molecular flexibility index (Phi) is 5.52. The monoisotopic (exact) mass is 311 g/mol. The highest BCUT2D eigenvalue weighted by atomic mass is 16.5. The Hall–Kier alpha value is -2.62. The van der Waals surface area contributed by atoms with Crippen molar-refractivity contribution in [2.75, 3.05) is 11.9 Å². The van der Waals surface area contributed by atoms with Crippen molar-refractivity contribution in [3.05, 3.63) is 59.7 Å². The van der Waals surface area contributed by atoms with Gasteiger partial charge in [0.05, 0.1) is 6.61 Å². The highest BCUT2D eigenvalue weighted by Gasteiger charge is 2.07. The van der Waals surface area contributed by atoms with E-state index in [1.165, 1.54) is 6.92 Å². The first-order chi connectivity index (χ1) is 11.0. The van der Waals surface area contributed by atoms with Gasteiger partial charge < -0.3 is 10.1 Å². The van der Waals surface area contributed by atoms with Gasteiger partial charge in [-0.1, -0.05) is 13.8 Å². The number of ketones is 1. The molecule has 4 heteroatoms. The van der Waals surface area contributed by atoms with Gasteiger partial charge in [0, 0.05) is 16.8 Å². The lowest BCUT2D eigenvalue weighted by Crippen LogP contribution is -2.12. The molecule has 0 unspecified atom stereocenters. The first-order valence-electron chi connectivity index (χ1n) is 7.61. The predicted octanol–water partition coefficient (Wildman–Crippen LogP) is 4.18. The van der Waals surface area contributed by atoms with E-state index in [1.807, 2.05) is 0 Å². The second-order valence-electron chi connectivity index (χ2n) is 5.82. The Balaban J connectivity index is 1.98. The summed E-state index contributed by atoms with van der Waals surface area (Å²) in [5.41, 5.74) is 1.83. The van der Waals surface area contributed by atoms with E-state index in [-0.39, 0.29) is 11.7 Å². The minimum atomic E-state index is -0.198. The third-order valence-corrected chi connectivity index (χ3v) is 3.25. The number of nitrogens with one attached hydrogen (secondary N) is 1. The number of benzene rings is 2. The molecule has 0 radical (unpaired) electrons. The zero-order valence-corrected chi connectivity index (χ0v) is 13.6. The van der Waals surface area contributed by atoms with Crippen molar-refractivity contribution in [3.63, 3.8) is 0 Å². The van der Waals surface area contributed by atoms with Crippen LogP contribution < -0.4 is 10.1 Å². The van der Waals surface area contributed by atoms with Gasteiger partial charge in [0.2, 0.25) is 0 Å². The molecule has 0 bridgehead atoms. The first kappa shape index (κ1) is 16.7. The van der Waals surface area contributed by atoms with Crippen LogP contribution in [0.2, 0.25) is 0 Å². The molecule has 0 aliphatic rings. The summed E-state index contributed by atoms with van der Waals surface area (Å²) in [4.78, 5) is 23.4. The van der Waals surface area contributed by atoms with Crippen LogP contribution in [0.1, 0.15) is 41.5 Å². The molecule has 0 spiro atoms. The summed E-state index contributed by atoms with van der Waals surface area (Å²) < 4.78 is 5.59. The topological polar surface area (TPSA) is 55.4 Å². The molecule has 1 N–H and O–H groups in total. The highest BCUT2D eigenvalue weighted by Crippen LogP contribution is 2.15. The van der Waals surface area contributed by atoms with Crippen molar-refractivity contribution >= 4 is 17.4 Å². The molecule has 0 fully saturated rings. The number of carbonyl (C=O) groups excluding carboxylic acids is 2. The summed E-state index contributed by atoms with van der Waals surface area (Å²) >= 11 is 0. The van der Waals surface area contributed by atoms with Crippen molar-refractivity contribution in [1.29, 1.82) is 0 Å². The van der Waals surface area contributed by atoms with Gasteiger partial charge >= 0.3 is 0 Å². The van der Waals surface area contributed by atoms with Crippen LogP contribution in [0.15, 0.2) is 48.5 Å². The second-order valence-corrected chi connectivity index (χ2v) is 5.82. The molecule has 0 saturated heterocycles. The maximum atomic E-state index is 12.2. The molecule has 1 amide bonds. The van der Waals surface area contributed by atoms with Gasteiger partial charge in [-0.15, -0.1) is 0 Å². The van der Waals surface area contributed by atoms with Crippen LogP contribution >= 0.6 is 0 Å². The number of hydrogen-bond acceptors (Lipinski definition) is 3. The fraction of sp³-hybridized carbons (Fsp3) is 0.263. The van der Waals surface area contributed by atoms with Crippen LogP contribution in [-0.2, 0) is 0 Å². The Morgan fingerprint density at radius 2 is 1.52 bits per heavy atom. The summed E-state index contributed by atoms with van der Waals surface area (Å²) in [6.45, 7) is 6.32. The maximum Gasteiger partial charge on any atom is 0.255 e. The molecule has 0 atom stereocenters. The normalized spacial score (nSPS) is 10.4. The van der Waals surface area contributed by atoms with E-state index >= 15 is 0 Å². The molecular formula is C19H21NO3. The number of ether oxygens (including phenoxy) is 1. The number of Topliss-reactive ketones (excluding diaryl/α,β-unsaturated/α-hetero) is 1. The number of carbonyl (C=O) groups is 2. The summed E-state index contributed by atoms with van der Waals surface area (Å²) in [7, 11) is 0. The highest BCUT2D eigenvalue weighted by molar-refractivity contribution is 6.04. The van der Waals surface area contributed by atoms with Gasteiger partial charge in [-0.2, -0.15) is 0 Å². The largest absolute Gasteiger partial charge is 0.493 e. The quantitative estimate of drug-likeness (QED) is 0.814. The van der Waals surface area contributed by atoms with E-state index in [4.69, 9.17) is 4.74 Å². The van der Waals surface area contributed by atoms with Gasteiger partial charge in [0.15, 0.2) is 5.78 Å². The predicted molar refractivity (Wildman–Crippen MR) is 91.2 cm³/mol. The molecule has 2 aromatic carbocycles. The molecule has 4 nitrogen and oxygen atoms in total. The van der Waals surface area contributed by atoms with Gasteiger partial charge in [0.25, 0.3) is 5.91 Å². The molecule has 23 heavy (non-hydrogen) atoms. The van der Waals surface area contributed by atoms with E-state index in [0.717, 1.165) is 5.75 Å². The van der Waals surface area contributed by atoms with E-state index in [1.54, 1.807) is 48.5 Å². The number of rotatable bonds is 6. The van der Waals surface area contributed by atoms with Crippen LogP contribution in [-0.4, -0.2) is 18.3 Å². The minimum absolute atomic E-state index is 0.000127. The zero-order valence-electron chi connectivity index (χ0n) is 13.6. The molecule has 0 aromatic heterocycles. The molecule has 0 aliphatic heterocycles. The van der Waals surface area contributed by atoms with Gasteiger partial charge in [-0.05, 0) is 61.4 Å². The van der Waals surface area contributed by atoms with Crippen molar-refractivity contribution < 1.29 is 14.3 Å². The molecule has 120 valence electrons.